The highest BCUT2D eigenvalue weighted by Gasteiger charge is 2.50. The molecule has 0 fully saturated rings. The van der Waals surface area contributed by atoms with Crippen molar-refractivity contribution in [2.45, 2.75) is 77.2 Å². The lowest BCUT2D eigenvalue weighted by atomic mass is 9.87. The Labute approximate surface area is 156 Å². The Morgan fingerprint density at radius 3 is 2.27 bits per heavy atom. The van der Waals surface area contributed by atoms with Crippen molar-refractivity contribution in [2.75, 3.05) is 6.61 Å². The maximum Gasteiger partial charge on any atom is 0.523 e. The van der Waals surface area contributed by atoms with E-state index in [2.05, 4.69) is 38.0 Å². The fraction of sp³-hybridized carbons (Fsp3) is 0.882. The highest BCUT2D eigenvalue weighted by atomic mass is 32.2. The second-order valence-electron chi connectivity index (χ2n) is 8.64. The first kappa shape index (κ1) is 23.7. The summed E-state index contributed by atoms with van der Waals surface area (Å²) in [5.41, 5.74) is -4.88. The molecule has 1 aliphatic rings. The van der Waals surface area contributed by atoms with Gasteiger partial charge in [0.2, 0.25) is 0 Å². The van der Waals surface area contributed by atoms with Gasteiger partial charge in [-0.2, -0.15) is 21.6 Å². The van der Waals surface area contributed by atoms with E-state index >= 15 is 0 Å². The molecule has 0 bridgehead atoms. The van der Waals surface area contributed by atoms with Gasteiger partial charge in [-0.3, -0.25) is 4.18 Å². The van der Waals surface area contributed by atoms with Crippen molar-refractivity contribution < 1.29 is 30.2 Å². The maximum absolute atomic E-state index is 12.6. The van der Waals surface area contributed by atoms with Gasteiger partial charge >= 0.3 is 15.6 Å². The summed E-state index contributed by atoms with van der Waals surface area (Å²) in [6.45, 7) is 14.7. The topological polar surface area (TPSA) is 52.6 Å². The molecule has 0 aliphatic heterocycles. The predicted molar refractivity (Wildman–Crippen MR) is 98.6 cm³/mol. The van der Waals surface area contributed by atoms with Gasteiger partial charge in [0.05, 0.1) is 0 Å². The highest BCUT2D eigenvalue weighted by Crippen LogP contribution is 2.40. The number of alkyl halides is 3. The summed E-state index contributed by atoms with van der Waals surface area (Å²) in [6.07, 6.45) is 1.84. The second kappa shape index (κ2) is 7.93. The molecule has 154 valence electrons. The minimum atomic E-state index is -5.61. The van der Waals surface area contributed by atoms with Crippen LogP contribution in [0, 0.1) is 11.8 Å². The summed E-state index contributed by atoms with van der Waals surface area (Å²) >= 11 is 0. The minimum Gasteiger partial charge on any atom is -0.417 e. The molecule has 4 nitrogen and oxygen atoms in total. The standard InChI is InChI=1S/C17H31F3O4SSi/c1-12(10-11-23-26(6,7)16(3,4)5)14-9-8-13(2)15(14)24-25(21,22)17(18,19)20/h8,12,14-15H,9-11H2,1-7H3/t12-,14+,15?/m0/s1. The van der Waals surface area contributed by atoms with Gasteiger partial charge < -0.3 is 4.43 Å². The monoisotopic (exact) mass is 416 g/mol. The fourth-order valence-electron chi connectivity index (χ4n) is 2.70. The zero-order valence-corrected chi connectivity index (χ0v) is 18.4. The number of hydrogen-bond donors (Lipinski definition) is 0. The largest absolute Gasteiger partial charge is 0.523 e. The predicted octanol–water partition coefficient (Wildman–Crippen LogP) is 5.24. The summed E-state index contributed by atoms with van der Waals surface area (Å²) in [7, 11) is -7.50. The SMILES string of the molecule is CC1=CC[C@H]([C@@H](C)CCO[Si](C)(C)C(C)(C)C)C1OS(=O)(=O)C(F)(F)F. The molecule has 1 rings (SSSR count). The quantitative estimate of drug-likeness (QED) is 0.247. The molecule has 0 saturated heterocycles. The molecule has 0 aromatic heterocycles. The number of hydrogen-bond acceptors (Lipinski definition) is 4. The Hall–Kier alpha value is -0.383. The third-order valence-corrected chi connectivity index (χ3v) is 11.2. The van der Waals surface area contributed by atoms with Gasteiger partial charge in [0, 0.05) is 6.61 Å². The Kier molecular flexibility index (Phi) is 7.21. The summed E-state index contributed by atoms with van der Waals surface area (Å²) in [5.74, 6) is -0.336. The summed E-state index contributed by atoms with van der Waals surface area (Å²) in [5, 5.41) is 0.0776. The molecule has 1 aliphatic carbocycles. The van der Waals surface area contributed by atoms with Gasteiger partial charge in [0.15, 0.2) is 8.32 Å². The lowest BCUT2D eigenvalue weighted by molar-refractivity contribution is -0.0583. The van der Waals surface area contributed by atoms with Crippen molar-refractivity contribution in [3.63, 3.8) is 0 Å². The van der Waals surface area contributed by atoms with Crippen LogP contribution in [0.15, 0.2) is 11.6 Å². The van der Waals surface area contributed by atoms with Gasteiger partial charge in [-0.1, -0.05) is 33.8 Å². The molecule has 1 unspecified atom stereocenters. The highest BCUT2D eigenvalue weighted by molar-refractivity contribution is 7.87. The first-order valence-electron chi connectivity index (χ1n) is 8.80. The summed E-state index contributed by atoms with van der Waals surface area (Å²) < 4.78 is 71.4. The van der Waals surface area contributed by atoms with Gasteiger partial charge in [-0.25, -0.2) is 0 Å². The molecule has 9 heteroatoms. The van der Waals surface area contributed by atoms with Crippen LogP contribution in [-0.2, 0) is 18.7 Å². The zero-order chi connectivity index (χ0) is 20.6. The molecule has 0 N–H and O–H groups in total. The molecule has 0 saturated carbocycles. The first-order valence-corrected chi connectivity index (χ1v) is 13.1. The molecule has 0 aromatic carbocycles. The molecule has 0 amide bonds. The molecule has 3 atom stereocenters. The van der Waals surface area contributed by atoms with Crippen molar-refractivity contribution in [3.05, 3.63) is 11.6 Å². The molecule has 26 heavy (non-hydrogen) atoms. The van der Waals surface area contributed by atoms with E-state index in [1.54, 1.807) is 13.0 Å². The third kappa shape index (κ3) is 5.56. The average Bonchev–Trinajstić information content (AvgIpc) is 2.77. The van der Waals surface area contributed by atoms with E-state index in [0.717, 1.165) is 0 Å². The number of halogens is 3. The van der Waals surface area contributed by atoms with Gasteiger partial charge in [0.25, 0.3) is 0 Å². The molecule has 0 spiro atoms. The lowest BCUT2D eigenvalue weighted by Crippen LogP contribution is -2.41. The van der Waals surface area contributed by atoms with Crippen LogP contribution in [0.3, 0.4) is 0 Å². The number of allylic oxidation sites excluding steroid dienone is 1. The Balaban J connectivity index is 2.73. The van der Waals surface area contributed by atoms with Crippen LogP contribution in [0.2, 0.25) is 18.1 Å². The normalized spacial score (nSPS) is 23.8. The van der Waals surface area contributed by atoms with Crippen molar-refractivity contribution in [3.8, 4) is 0 Å². The van der Waals surface area contributed by atoms with E-state index in [9.17, 15) is 21.6 Å². The van der Waals surface area contributed by atoms with Gasteiger partial charge in [-0.15, -0.1) is 0 Å². The van der Waals surface area contributed by atoms with E-state index in [1.807, 2.05) is 6.92 Å². The van der Waals surface area contributed by atoms with Gasteiger partial charge in [-0.05, 0) is 55.3 Å². The lowest BCUT2D eigenvalue weighted by Gasteiger charge is -2.37. The van der Waals surface area contributed by atoms with Crippen molar-refractivity contribution in [1.82, 2.24) is 0 Å². The zero-order valence-electron chi connectivity index (χ0n) is 16.6. The van der Waals surface area contributed by atoms with Gasteiger partial charge in [0.1, 0.15) is 6.10 Å². The fourth-order valence-corrected chi connectivity index (χ4v) is 4.44. The van der Waals surface area contributed by atoms with Crippen LogP contribution >= 0.6 is 0 Å². The van der Waals surface area contributed by atoms with E-state index in [0.29, 0.717) is 25.0 Å². The second-order valence-corrected chi connectivity index (χ2v) is 15.0. The van der Waals surface area contributed by atoms with Crippen LogP contribution in [0.4, 0.5) is 13.2 Å². The third-order valence-electron chi connectivity index (χ3n) is 5.64. The smallest absolute Gasteiger partial charge is 0.417 e. The first-order chi connectivity index (χ1) is 11.5. The van der Waals surface area contributed by atoms with E-state index in [4.69, 9.17) is 4.43 Å². The van der Waals surface area contributed by atoms with Crippen LogP contribution in [0.25, 0.3) is 0 Å². The molecule has 0 radical (unpaired) electrons. The van der Waals surface area contributed by atoms with E-state index < -0.39 is 30.0 Å². The molecule has 0 heterocycles. The Morgan fingerprint density at radius 1 is 1.27 bits per heavy atom. The minimum absolute atomic E-state index is 0.0260. The maximum atomic E-state index is 12.6. The summed E-state index contributed by atoms with van der Waals surface area (Å²) in [6, 6.07) is 0. The van der Waals surface area contributed by atoms with Crippen molar-refractivity contribution >= 4 is 18.4 Å². The van der Waals surface area contributed by atoms with Crippen LogP contribution in [0.1, 0.15) is 47.5 Å². The van der Waals surface area contributed by atoms with Crippen molar-refractivity contribution in [2.24, 2.45) is 11.8 Å². The van der Waals surface area contributed by atoms with Crippen LogP contribution < -0.4 is 0 Å². The molecular formula is C17H31F3O4SSi. The number of rotatable bonds is 7. The Bertz CT molecular complexity index is 621. The van der Waals surface area contributed by atoms with Crippen LogP contribution in [0.5, 0.6) is 0 Å². The van der Waals surface area contributed by atoms with E-state index in [-0.39, 0.29) is 16.9 Å². The van der Waals surface area contributed by atoms with Crippen LogP contribution in [-0.4, -0.2) is 35.0 Å². The summed E-state index contributed by atoms with van der Waals surface area (Å²) in [4.78, 5) is 0. The van der Waals surface area contributed by atoms with E-state index in [1.165, 1.54) is 0 Å². The van der Waals surface area contributed by atoms with Crippen molar-refractivity contribution in [1.29, 1.82) is 0 Å². The molecular weight excluding hydrogens is 385 g/mol. The molecule has 0 aromatic rings. The average molecular weight is 417 g/mol. The Morgan fingerprint density at radius 2 is 1.81 bits per heavy atom.